The maximum atomic E-state index is 13.3. The number of benzene rings is 1. The van der Waals surface area contributed by atoms with Crippen LogP contribution in [-0.4, -0.2) is 32.8 Å². The summed E-state index contributed by atoms with van der Waals surface area (Å²) in [5, 5.41) is 12.4. The summed E-state index contributed by atoms with van der Waals surface area (Å²) in [4.78, 5) is 21.2. The molecule has 1 aliphatic rings. The van der Waals surface area contributed by atoms with E-state index in [0.717, 1.165) is 30.2 Å². The number of thiazole rings is 1. The maximum absolute atomic E-state index is 13.3. The molecule has 4 rings (SSSR count). The van der Waals surface area contributed by atoms with Crippen molar-refractivity contribution in [2.45, 2.75) is 38.4 Å². The van der Waals surface area contributed by atoms with Gasteiger partial charge in [-0.25, -0.2) is 4.98 Å². The zero-order chi connectivity index (χ0) is 20.8. The third kappa shape index (κ3) is 3.86. The Morgan fingerprint density at radius 3 is 2.72 bits per heavy atom. The highest BCUT2D eigenvalue weighted by Gasteiger charge is 2.34. The molecule has 2 N–H and O–H groups in total. The van der Waals surface area contributed by atoms with Crippen LogP contribution in [0.25, 0.3) is 10.3 Å². The molecule has 1 aromatic carbocycles. The first-order valence-corrected chi connectivity index (χ1v) is 10.0. The lowest BCUT2D eigenvalue weighted by Crippen LogP contribution is -2.19. The largest absolute Gasteiger partial charge is 0.416 e. The molecule has 1 aliphatic carbocycles. The molecule has 10 heteroatoms. The number of aliphatic hydroxyl groups is 1. The van der Waals surface area contributed by atoms with Crippen LogP contribution in [0.1, 0.15) is 41.3 Å². The highest BCUT2D eigenvalue weighted by molar-refractivity contribution is 7.22. The van der Waals surface area contributed by atoms with Gasteiger partial charge in [-0.05, 0) is 37.0 Å². The lowest BCUT2D eigenvalue weighted by atomic mass is 10.0. The highest BCUT2D eigenvalue weighted by atomic mass is 32.1. The van der Waals surface area contributed by atoms with Crippen LogP contribution in [-0.2, 0) is 12.7 Å². The SMILES string of the molecule is Cc1c(Cn2c(C3CC3)nc(=O)c3sc(NCCO)nc32)cccc1C(F)(F)F. The van der Waals surface area contributed by atoms with E-state index in [1.54, 1.807) is 10.6 Å². The number of alkyl halides is 3. The number of aliphatic hydroxyl groups excluding tert-OH is 1. The van der Waals surface area contributed by atoms with E-state index in [-0.39, 0.29) is 36.7 Å². The van der Waals surface area contributed by atoms with Gasteiger partial charge in [-0.2, -0.15) is 18.2 Å². The van der Waals surface area contributed by atoms with E-state index in [9.17, 15) is 18.0 Å². The molecule has 1 fully saturated rings. The fourth-order valence-electron chi connectivity index (χ4n) is 3.34. The third-order valence-corrected chi connectivity index (χ3v) is 5.95. The first kappa shape index (κ1) is 19.8. The van der Waals surface area contributed by atoms with E-state index in [2.05, 4.69) is 15.3 Å². The Kier molecular flexibility index (Phi) is 5.07. The fourth-order valence-corrected chi connectivity index (χ4v) is 4.22. The Morgan fingerprint density at radius 1 is 1.31 bits per heavy atom. The topological polar surface area (TPSA) is 80.0 Å². The summed E-state index contributed by atoms with van der Waals surface area (Å²) < 4.78 is 42.0. The normalized spacial score (nSPS) is 14.5. The average Bonchev–Trinajstić information content (AvgIpc) is 3.41. The van der Waals surface area contributed by atoms with E-state index in [0.29, 0.717) is 26.9 Å². The van der Waals surface area contributed by atoms with Crippen molar-refractivity contribution in [3.63, 3.8) is 0 Å². The summed E-state index contributed by atoms with van der Waals surface area (Å²) in [7, 11) is 0. The Labute approximate surface area is 168 Å². The Bertz CT molecular complexity index is 1120. The Hall–Kier alpha value is -2.46. The minimum absolute atomic E-state index is 0.0881. The van der Waals surface area contributed by atoms with Crippen LogP contribution < -0.4 is 10.9 Å². The predicted octanol–water partition coefficient (Wildman–Crippen LogP) is 3.51. The van der Waals surface area contributed by atoms with Crippen molar-refractivity contribution in [1.29, 1.82) is 0 Å². The molecule has 1 saturated carbocycles. The first-order valence-electron chi connectivity index (χ1n) is 9.21. The number of nitrogens with one attached hydrogen (secondary N) is 1. The summed E-state index contributed by atoms with van der Waals surface area (Å²) in [6, 6.07) is 4.12. The van der Waals surface area contributed by atoms with E-state index in [1.807, 2.05) is 0 Å². The molecule has 0 amide bonds. The number of anilines is 1. The average molecular weight is 424 g/mol. The van der Waals surface area contributed by atoms with Crippen LogP contribution in [0.15, 0.2) is 23.0 Å². The molecule has 0 saturated heterocycles. The van der Waals surface area contributed by atoms with Gasteiger partial charge in [0.25, 0.3) is 5.56 Å². The van der Waals surface area contributed by atoms with Crippen LogP contribution in [0, 0.1) is 6.92 Å². The van der Waals surface area contributed by atoms with Crippen LogP contribution >= 0.6 is 11.3 Å². The standard InChI is InChI=1S/C19H19F3N4O2S/c1-10-12(3-2-4-13(10)19(20,21)22)9-26-15(11-5-6-11)24-17(28)14-16(26)25-18(29-14)23-7-8-27/h2-4,11,27H,5-9H2,1H3,(H,23,25). The van der Waals surface area contributed by atoms with E-state index >= 15 is 0 Å². The number of rotatable bonds is 6. The molecule has 0 unspecified atom stereocenters. The lowest BCUT2D eigenvalue weighted by molar-refractivity contribution is -0.138. The quantitative estimate of drug-likeness (QED) is 0.633. The van der Waals surface area contributed by atoms with Crippen LogP contribution in [0.5, 0.6) is 0 Å². The van der Waals surface area contributed by atoms with Crippen molar-refractivity contribution in [3.05, 3.63) is 51.1 Å². The molecule has 2 heterocycles. The summed E-state index contributed by atoms with van der Waals surface area (Å²) >= 11 is 1.13. The molecule has 3 aromatic rings. The van der Waals surface area contributed by atoms with Gasteiger partial charge in [0.05, 0.1) is 18.7 Å². The fraction of sp³-hybridized carbons (Fsp3) is 0.421. The van der Waals surface area contributed by atoms with E-state index in [1.165, 1.54) is 13.0 Å². The lowest BCUT2D eigenvalue weighted by Gasteiger charge is -2.17. The van der Waals surface area contributed by atoms with Crippen molar-refractivity contribution in [2.24, 2.45) is 0 Å². The van der Waals surface area contributed by atoms with E-state index in [4.69, 9.17) is 5.11 Å². The van der Waals surface area contributed by atoms with Gasteiger partial charge in [0.2, 0.25) is 0 Å². The van der Waals surface area contributed by atoms with Gasteiger partial charge in [0, 0.05) is 12.5 Å². The van der Waals surface area contributed by atoms with Gasteiger partial charge < -0.3 is 15.0 Å². The van der Waals surface area contributed by atoms with Crippen LogP contribution in [0.2, 0.25) is 0 Å². The van der Waals surface area contributed by atoms with Crippen molar-refractivity contribution in [3.8, 4) is 0 Å². The second kappa shape index (κ2) is 7.42. The minimum atomic E-state index is -4.43. The number of hydrogen-bond acceptors (Lipinski definition) is 6. The minimum Gasteiger partial charge on any atom is -0.395 e. The molecule has 29 heavy (non-hydrogen) atoms. The molecule has 0 atom stereocenters. The van der Waals surface area contributed by atoms with Crippen LogP contribution in [0.4, 0.5) is 18.3 Å². The number of hydrogen-bond donors (Lipinski definition) is 2. The molecule has 154 valence electrons. The van der Waals surface area contributed by atoms with Gasteiger partial charge in [-0.3, -0.25) is 4.79 Å². The second-order valence-corrected chi connectivity index (χ2v) is 8.04. The molecule has 6 nitrogen and oxygen atoms in total. The van der Waals surface area contributed by atoms with Gasteiger partial charge in [0.15, 0.2) is 10.8 Å². The van der Waals surface area contributed by atoms with Crippen molar-refractivity contribution < 1.29 is 18.3 Å². The number of fused-ring (bicyclic) bond motifs is 1. The second-order valence-electron chi connectivity index (χ2n) is 7.05. The third-order valence-electron chi connectivity index (χ3n) is 4.96. The van der Waals surface area contributed by atoms with Gasteiger partial charge >= 0.3 is 6.18 Å². The zero-order valence-electron chi connectivity index (χ0n) is 15.6. The summed E-state index contributed by atoms with van der Waals surface area (Å²) in [5.74, 6) is 0.687. The van der Waals surface area contributed by atoms with Crippen molar-refractivity contribution >= 4 is 26.8 Å². The first-order chi connectivity index (χ1) is 13.8. The molecule has 0 spiro atoms. The zero-order valence-corrected chi connectivity index (χ0v) is 16.4. The number of nitrogens with zero attached hydrogens (tertiary/aromatic N) is 3. The maximum Gasteiger partial charge on any atom is 0.416 e. The number of halogens is 3. The Morgan fingerprint density at radius 2 is 2.07 bits per heavy atom. The monoisotopic (exact) mass is 424 g/mol. The Balaban J connectivity index is 1.84. The van der Waals surface area contributed by atoms with Gasteiger partial charge in [-0.1, -0.05) is 23.5 Å². The highest BCUT2D eigenvalue weighted by Crippen LogP contribution is 2.40. The predicted molar refractivity (Wildman–Crippen MR) is 105 cm³/mol. The molecular formula is C19H19F3N4O2S. The van der Waals surface area contributed by atoms with Gasteiger partial charge in [0.1, 0.15) is 10.5 Å². The summed E-state index contributed by atoms with van der Waals surface area (Å²) in [6.45, 7) is 1.80. The molecule has 2 aromatic heterocycles. The van der Waals surface area contributed by atoms with E-state index < -0.39 is 11.7 Å². The van der Waals surface area contributed by atoms with Gasteiger partial charge in [-0.15, -0.1) is 0 Å². The summed E-state index contributed by atoms with van der Waals surface area (Å²) in [6.07, 6.45) is -2.66. The van der Waals surface area contributed by atoms with Crippen molar-refractivity contribution in [2.75, 3.05) is 18.5 Å². The molecular weight excluding hydrogens is 405 g/mol. The molecule has 0 bridgehead atoms. The summed E-state index contributed by atoms with van der Waals surface area (Å²) in [5.41, 5.74) is 0.0215. The van der Waals surface area contributed by atoms with Crippen molar-refractivity contribution in [1.82, 2.24) is 14.5 Å². The molecule has 0 radical (unpaired) electrons. The smallest absolute Gasteiger partial charge is 0.395 e. The number of aromatic nitrogens is 3. The molecule has 0 aliphatic heterocycles. The van der Waals surface area contributed by atoms with Crippen LogP contribution in [0.3, 0.4) is 0 Å².